The molecule has 0 aliphatic heterocycles. The largest absolute Gasteiger partial charge is 0.374 e. The Morgan fingerprint density at radius 2 is 2.00 bits per heavy atom. The molecule has 0 aliphatic carbocycles. The van der Waals surface area contributed by atoms with Crippen LogP contribution in [0.1, 0.15) is 12.0 Å². The molecular formula is C13H24N4. The lowest BCUT2D eigenvalue weighted by molar-refractivity contribution is 0.401. The SMILES string of the molecule is CNCc1cnccc1N(C)CCCN(C)C. The number of nitrogens with zero attached hydrogens (tertiary/aromatic N) is 3. The summed E-state index contributed by atoms with van der Waals surface area (Å²) in [4.78, 5) is 8.70. The Bertz CT molecular complexity index is 325. The van der Waals surface area contributed by atoms with E-state index in [9.17, 15) is 0 Å². The number of anilines is 1. The average Bonchev–Trinajstić information content (AvgIpc) is 2.29. The van der Waals surface area contributed by atoms with Crippen LogP contribution < -0.4 is 10.2 Å². The fourth-order valence-electron chi connectivity index (χ4n) is 1.86. The predicted octanol–water partition coefficient (Wildman–Crippen LogP) is 1.19. The van der Waals surface area contributed by atoms with Crippen LogP contribution in [0.4, 0.5) is 5.69 Å². The molecule has 0 saturated carbocycles. The van der Waals surface area contributed by atoms with Gasteiger partial charge in [-0.05, 0) is 40.2 Å². The van der Waals surface area contributed by atoms with Crippen molar-refractivity contribution in [3.63, 3.8) is 0 Å². The van der Waals surface area contributed by atoms with Crippen LogP contribution in [0.5, 0.6) is 0 Å². The summed E-state index contributed by atoms with van der Waals surface area (Å²) >= 11 is 0. The Morgan fingerprint density at radius 1 is 1.24 bits per heavy atom. The summed E-state index contributed by atoms with van der Waals surface area (Å²) in [7, 11) is 8.32. The average molecular weight is 236 g/mol. The number of pyridine rings is 1. The van der Waals surface area contributed by atoms with Crippen LogP contribution in [0.25, 0.3) is 0 Å². The lowest BCUT2D eigenvalue weighted by atomic mass is 10.2. The molecule has 0 spiro atoms. The van der Waals surface area contributed by atoms with Gasteiger partial charge in [0.1, 0.15) is 0 Å². The van der Waals surface area contributed by atoms with Gasteiger partial charge in [-0.25, -0.2) is 0 Å². The maximum Gasteiger partial charge on any atom is 0.0440 e. The molecule has 4 heteroatoms. The van der Waals surface area contributed by atoms with Crippen molar-refractivity contribution in [3.05, 3.63) is 24.0 Å². The van der Waals surface area contributed by atoms with E-state index in [1.54, 1.807) is 0 Å². The second-order valence-corrected chi connectivity index (χ2v) is 4.61. The molecule has 1 N–H and O–H groups in total. The first-order chi connectivity index (χ1) is 8.15. The summed E-state index contributed by atoms with van der Waals surface area (Å²) < 4.78 is 0. The minimum absolute atomic E-state index is 0.862. The summed E-state index contributed by atoms with van der Waals surface area (Å²) in [6.45, 7) is 3.05. The van der Waals surface area contributed by atoms with Gasteiger partial charge >= 0.3 is 0 Å². The van der Waals surface area contributed by atoms with Gasteiger partial charge in [0, 0.05) is 43.8 Å². The molecule has 0 amide bonds. The summed E-state index contributed by atoms with van der Waals surface area (Å²) in [5, 5.41) is 3.18. The molecule has 1 heterocycles. The minimum atomic E-state index is 0.862. The molecule has 1 rings (SSSR count). The standard InChI is InChI=1S/C13H24N4/c1-14-10-12-11-15-7-6-13(12)17(4)9-5-8-16(2)3/h6-7,11,14H,5,8-10H2,1-4H3. The Balaban J connectivity index is 2.58. The normalized spacial score (nSPS) is 10.9. The second-order valence-electron chi connectivity index (χ2n) is 4.61. The fraction of sp³-hybridized carbons (Fsp3) is 0.615. The van der Waals surface area contributed by atoms with Crippen LogP contribution >= 0.6 is 0 Å². The van der Waals surface area contributed by atoms with Crippen molar-refractivity contribution in [1.82, 2.24) is 15.2 Å². The fourth-order valence-corrected chi connectivity index (χ4v) is 1.86. The summed E-state index contributed by atoms with van der Waals surface area (Å²) in [5.41, 5.74) is 2.52. The van der Waals surface area contributed by atoms with E-state index < -0.39 is 0 Å². The topological polar surface area (TPSA) is 31.4 Å². The molecule has 0 aliphatic rings. The van der Waals surface area contributed by atoms with Crippen LogP contribution in [0.15, 0.2) is 18.5 Å². The van der Waals surface area contributed by atoms with Crippen LogP contribution in [-0.4, -0.2) is 51.2 Å². The van der Waals surface area contributed by atoms with Crippen molar-refractivity contribution in [1.29, 1.82) is 0 Å². The van der Waals surface area contributed by atoms with E-state index in [2.05, 4.69) is 47.3 Å². The smallest absolute Gasteiger partial charge is 0.0440 e. The summed E-state index contributed by atoms with van der Waals surface area (Å²) in [6.07, 6.45) is 4.97. The van der Waals surface area contributed by atoms with E-state index in [4.69, 9.17) is 0 Å². The Morgan fingerprint density at radius 3 is 2.65 bits per heavy atom. The van der Waals surface area contributed by atoms with E-state index in [0.29, 0.717) is 0 Å². The van der Waals surface area contributed by atoms with Crippen molar-refractivity contribution in [2.75, 3.05) is 46.2 Å². The van der Waals surface area contributed by atoms with E-state index in [-0.39, 0.29) is 0 Å². The van der Waals surface area contributed by atoms with Gasteiger partial charge in [-0.2, -0.15) is 0 Å². The van der Waals surface area contributed by atoms with Gasteiger partial charge in [0.05, 0.1) is 0 Å². The molecule has 17 heavy (non-hydrogen) atoms. The number of rotatable bonds is 7. The second kappa shape index (κ2) is 7.25. The first-order valence-corrected chi connectivity index (χ1v) is 6.08. The number of nitrogens with one attached hydrogen (secondary N) is 1. The molecule has 0 aromatic carbocycles. The van der Waals surface area contributed by atoms with Crippen LogP contribution in [0, 0.1) is 0 Å². The predicted molar refractivity (Wildman–Crippen MR) is 73.4 cm³/mol. The molecule has 0 unspecified atom stereocenters. The van der Waals surface area contributed by atoms with Gasteiger partial charge < -0.3 is 15.1 Å². The highest BCUT2D eigenvalue weighted by Crippen LogP contribution is 2.17. The number of aromatic nitrogens is 1. The highest BCUT2D eigenvalue weighted by atomic mass is 15.1. The summed E-state index contributed by atoms with van der Waals surface area (Å²) in [6, 6.07) is 2.09. The number of hydrogen-bond acceptors (Lipinski definition) is 4. The third-order valence-corrected chi connectivity index (χ3v) is 2.76. The molecular weight excluding hydrogens is 212 g/mol. The van der Waals surface area contributed by atoms with Gasteiger partial charge in [0.25, 0.3) is 0 Å². The third-order valence-electron chi connectivity index (χ3n) is 2.76. The maximum absolute atomic E-state index is 4.18. The van der Waals surface area contributed by atoms with E-state index >= 15 is 0 Å². The van der Waals surface area contributed by atoms with Gasteiger partial charge in [-0.3, -0.25) is 4.98 Å². The quantitative estimate of drug-likeness (QED) is 0.770. The Hall–Kier alpha value is -1.13. The first-order valence-electron chi connectivity index (χ1n) is 6.08. The zero-order valence-electron chi connectivity index (χ0n) is 11.4. The molecule has 96 valence electrons. The Kier molecular flexibility index (Phi) is 5.94. The zero-order chi connectivity index (χ0) is 12.7. The van der Waals surface area contributed by atoms with Crippen LogP contribution in [0.3, 0.4) is 0 Å². The molecule has 4 nitrogen and oxygen atoms in total. The van der Waals surface area contributed by atoms with Crippen molar-refractivity contribution < 1.29 is 0 Å². The van der Waals surface area contributed by atoms with Gasteiger partial charge in [0.15, 0.2) is 0 Å². The van der Waals surface area contributed by atoms with Gasteiger partial charge in [0.2, 0.25) is 0 Å². The molecule has 0 bridgehead atoms. The molecule has 0 atom stereocenters. The van der Waals surface area contributed by atoms with Gasteiger partial charge in [-0.1, -0.05) is 0 Å². The van der Waals surface area contributed by atoms with Crippen LogP contribution in [0.2, 0.25) is 0 Å². The van der Waals surface area contributed by atoms with E-state index in [0.717, 1.165) is 19.6 Å². The van der Waals surface area contributed by atoms with Gasteiger partial charge in [-0.15, -0.1) is 0 Å². The summed E-state index contributed by atoms with van der Waals surface area (Å²) in [5.74, 6) is 0. The highest BCUT2D eigenvalue weighted by Gasteiger charge is 2.06. The van der Waals surface area contributed by atoms with E-state index in [1.807, 2.05) is 19.4 Å². The molecule has 0 fully saturated rings. The molecule has 0 radical (unpaired) electrons. The molecule has 0 saturated heterocycles. The monoisotopic (exact) mass is 236 g/mol. The Labute approximate surface area is 105 Å². The minimum Gasteiger partial charge on any atom is -0.374 e. The number of hydrogen-bond donors (Lipinski definition) is 1. The lowest BCUT2D eigenvalue weighted by Crippen LogP contribution is -2.24. The zero-order valence-corrected chi connectivity index (χ0v) is 11.4. The van der Waals surface area contributed by atoms with E-state index in [1.165, 1.54) is 17.7 Å². The maximum atomic E-state index is 4.18. The molecule has 1 aromatic rings. The highest BCUT2D eigenvalue weighted by molar-refractivity contribution is 5.51. The molecule has 1 aromatic heterocycles. The van der Waals surface area contributed by atoms with Crippen molar-refractivity contribution in [2.45, 2.75) is 13.0 Å². The van der Waals surface area contributed by atoms with Crippen molar-refractivity contribution >= 4 is 5.69 Å². The van der Waals surface area contributed by atoms with Crippen molar-refractivity contribution in [2.24, 2.45) is 0 Å². The van der Waals surface area contributed by atoms with Crippen molar-refractivity contribution in [3.8, 4) is 0 Å². The van der Waals surface area contributed by atoms with Crippen LogP contribution in [-0.2, 0) is 6.54 Å². The lowest BCUT2D eigenvalue weighted by Gasteiger charge is -2.23. The first kappa shape index (κ1) is 13.9. The third kappa shape index (κ3) is 4.71.